The van der Waals surface area contributed by atoms with Gasteiger partial charge in [-0.1, -0.05) is 6.07 Å². The molecule has 0 aromatic carbocycles. The van der Waals surface area contributed by atoms with Gasteiger partial charge in [0.15, 0.2) is 14.5 Å². The van der Waals surface area contributed by atoms with Crippen LogP contribution in [0.25, 0.3) is 0 Å². The van der Waals surface area contributed by atoms with Gasteiger partial charge < -0.3 is 9.32 Å². The SMILES string of the molecule is O=C(c1cccs1)N(Cc1ccc(Br)o1)C1CCS(=O)(=O)C1. The average molecular weight is 404 g/mol. The van der Waals surface area contributed by atoms with Crippen LogP contribution in [0.2, 0.25) is 0 Å². The van der Waals surface area contributed by atoms with E-state index in [-0.39, 0.29) is 30.0 Å². The van der Waals surface area contributed by atoms with Gasteiger partial charge in [0.05, 0.1) is 22.9 Å². The minimum absolute atomic E-state index is 0.0198. The Balaban J connectivity index is 1.86. The number of nitrogens with zero attached hydrogens (tertiary/aromatic N) is 1. The summed E-state index contributed by atoms with van der Waals surface area (Å²) in [5.41, 5.74) is 0. The lowest BCUT2D eigenvalue weighted by Gasteiger charge is -2.27. The predicted molar refractivity (Wildman–Crippen MR) is 87.7 cm³/mol. The number of hydrogen-bond donors (Lipinski definition) is 0. The normalized spacial score (nSPS) is 20.1. The van der Waals surface area contributed by atoms with Gasteiger partial charge in [0.25, 0.3) is 5.91 Å². The maximum Gasteiger partial charge on any atom is 0.264 e. The summed E-state index contributed by atoms with van der Waals surface area (Å²) in [6.45, 7) is 0.266. The van der Waals surface area contributed by atoms with Crippen LogP contribution in [0.3, 0.4) is 0 Å². The number of sulfone groups is 1. The summed E-state index contributed by atoms with van der Waals surface area (Å²) in [6, 6.07) is 6.80. The summed E-state index contributed by atoms with van der Waals surface area (Å²) in [5.74, 6) is 0.630. The van der Waals surface area contributed by atoms with Gasteiger partial charge in [0.2, 0.25) is 0 Å². The maximum atomic E-state index is 12.7. The van der Waals surface area contributed by atoms with Crippen LogP contribution in [0.4, 0.5) is 0 Å². The van der Waals surface area contributed by atoms with Crippen molar-refractivity contribution in [1.82, 2.24) is 4.90 Å². The van der Waals surface area contributed by atoms with E-state index in [9.17, 15) is 13.2 Å². The Morgan fingerprint density at radius 1 is 1.41 bits per heavy atom. The summed E-state index contributed by atoms with van der Waals surface area (Å²) in [5, 5.41) is 1.83. The van der Waals surface area contributed by atoms with Crippen molar-refractivity contribution in [3.63, 3.8) is 0 Å². The second kappa shape index (κ2) is 6.17. The van der Waals surface area contributed by atoms with E-state index in [1.165, 1.54) is 11.3 Å². The second-order valence-corrected chi connectivity index (χ2v) is 9.13. The Hall–Kier alpha value is -1.12. The Kier molecular flexibility index (Phi) is 4.42. The van der Waals surface area contributed by atoms with E-state index in [1.807, 2.05) is 11.4 Å². The smallest absolute Gasteiger partial charge is 0.264 e. The van der Waals surface area contributed by atoms with Gasteiger partial charge in [0, 0.05) is 6.04 Å². The van der Waals surface area contributed by atoms with Crippen LogP contribution >= 0.6 is 27.3 Å². The highest BCUT2D eigenvalue weighted by molar-refractivity contribution is 9.10. The topological polar surface area (TPSA) is 67.6 Å². The van der Waals surface area contributed by atoms with Crippen LogP contribution in [0.15, 0.2) is 38.7 Å². The number of hydrogen-bond acceptors (Lipinski definition) is 5. The Morgan fingerprint density at radius 2 is 2.23 bits per heavy atom. The summed E-state index contributed by atoms with van der Waals surface area (Å²) < 4.78 is 29.5. The maximum absolute atomic E-state index is 12.7. The van der Waals surface area contributed by atoms with Gasteiger partial charge in [-0.3, -0.25) is 4.79 Å². The molecule has 1 saturated heterocycles. The molecule has 2 aromatic heterocycles. The van der Waals surface area contributed by atoms with E-state index < -0.39 is 9.84 Å². The first-order valence-electron chi connectivity index (χ1n) is 6.74. The third kappa shape index (κ3) is 3.44. The molecule has 0 aliphatic carbocycles. The summed E-state index contributed by atoms with van der Waals surface area (Å²) >= 11 is 4.59. The first-order chi connectivity index (χ1) is 10.4. The van der Waals surface area contributed by atoms with E-state index in [0.29, 0.717) is 21.7 Å². The molecule has 1 aliphatic heterocycles. The number of amides is 1. The van der Waals surface area contributed by atoms with Crippen molar-refractivity contribution in [2.24, 2.45) is 0 Å². The minimum Gasteiger partial charge on any atom is -0.452 e. The molecule has 5 nitrogen and oxygen atoms in total. The summed E-state index contributed by atoms with van der Waals surface area (Å²) in [4.78, 5) is 14.9. The third-order valence-electron chi connectivity index (χ3n) is 3.60. The molecular formula is C14H14BrNO4S2. The van der Waals surface area contributed by atoms with Gasteiger partial charge in [0.1, 0.15) is 5.76 Å². The van der Waals surface area contributed by atoms with Crippen molar-refractivity contribution < 1.29 is 17.6 Å². The lowest BCUT2D eigenvalue weighted by Crippen LogP contribution is -2.40. The fraction of sp³-hybridized carbons (Fsp3) is 0.357. The van der Waals surface area contributed by atoms with E-state index >= 15 is 0 Å². The van der Waals surface area contributed by atoms with E-state index in [1.54, 1.807) is 23.1 Å². The molecule has 2 aromatic rings. The van der Waals surface area contributed by atoms with Crippen LogP contribution in [0.1, 0.15) is 21.9 Å². The number of halogens is 1. The Labute approximate surface area is 141 Å². The molecule has 0 N–H and O–H groups in total. The van der Waals surface area contributed by atoms with Crippen molar-refractivity contribution in [3.8, 4) is 0 Å². The van der Waals surface area contributed by atoms with E-state index in [0.717, 1.165) is 0 Å². The molecule has 1 fully saturated rings. The number of rotatable bonds is 4. The first kappa shape index (κ1) is 15.8. The molecule has 0 saturated carbocycles. The average Bonchev–Trinajstić information content (AvgIpc) is 3.17. The number of thiophene rings is 1. The fourth-order valence-electron chi connectivity index (χ4n) is 2.53. The highest BCUT2D eigenvalue weighted by Crippen LogP contribution is 2.25. The van der Waals surface area contributed by atoms with Crippen molar-refractivity contribution in [2.45, 2.75) is 19.0 Å². The molecule has 0 spiro atoms. The molecule has 1 atom stereocenters. The van der Waals surface area contributed by atoms with Crippen molar-refractivity contribution in [1.29, 1.82) is 0 Å². The third-order valence-corrected chi connectivity index (χ3v) is 6.63. The van der Waals surface area contributed by atoms with Gasteiger partial charge in [-0.2, -0.15) is 0 Å². The molecule has 22 heavy (non-hydrogen) atoms. The number of furan rings is 1. The molecule has 3 heterocycles. The fourth-order valence-corrected chi connectivity index (χ4v) is 5.28. The van der Waals surface area contributed by atoms with Crippen LogP contribution < -0.4 is 0 Å². The number of carbonyl (C=O) groups is 1. The molecule has 8 heteroatoms. The minimum atomic E-state index is -3.06. The van der Waals surface area contributed by atoms with Crippen molar-refractivity contribution >= 4 is 43.0 Å². The molecule has 1 aliphatic rings. The standard InChI is InChI=1S/C14H14BrNO4S2/c15-13-4-3-11(20-13)8-16(10-5-7-22(18,19)9-10)14(17)12-2-1-6-21-12/h1-4,6,10H,5,7-9H2. The lowest BCUT2D eigenvalue weighted by molar-refractivity contribution is 0.0670. The zero-order chi connectivity index (χ0) is 15.7. The van der Waals surface area contributed by atoms with Crippen LogP contribution in [-0.2, 0) is 16.4 Å². The summed E-state index contributed by atoms with van der Waals surface area (Å²) in [6.07, 6.45) is 0.474. The van der Waals surface area contributed by atoms with Crippen LogP contribution in [0.5, 0.6) is 0 Å². The molecule has 1 unspecified atom stereocenters. The number of carbonyl (C=O) groups excluding carboxylic acids is 1. The van der Waals surface area contributed by atoms with Gasteiger partial charge in [-0.15, -0.1) is 11.3 Å². The Bertz CT molecular complexity index is 767. The quantitative estimate of drug-likeness (QED) is 0.786. The summed E-state index contributed by atoms with van der Waals surface area (Å²) in [7, 11) is -3.06. The van der Waals surface area contributed by atoms with Gasteiger partial charge >= 0.3 is 0 Å². The molecular weight excluding hydrogens is 390 g/mol. The zero-order valence-electron chi connectivity index (χ0n) is 11.6. The monoisotopic (exact) mass is 403 g/mol. The first-order valence-corrected chi connectivity index (χ1v) is 10.2. The molecule has 118 valence electrons. The molecule has 3 rings (SSSR count). The Morgan fingerprint density at radius 3 is 2.77 bits per heavy atom. The largest absolute Gasteiger partial charge is 0.452 e. The van der Waals surface area contributed by atoms with E-state index in [2.05, 4.69) is 15.9 Å². The van der Waals surface area contributed by atoms with E-state index in [4.69, 9.17) is 4.42 Å². The molecule has 0 bridgehead atoms. The van der Waals surface area contributed by atoms with Crippen molar-refractivity contribution in [2.75, 3.05) is 11.5 Å². The lowest BCUT2D eigenvalue weighted by atomic mass is 10.2. The highest BCUT2D eigenvalue weighted by atomic mass is 79.9. The van der Waals surface area contributed by atoms with Crippen molar-refractivity contribution in [3.05, 3.63) is 45.0 Å². The predicted octanol–water partition coefficient (Wildman–Crippen LogP) is 2.93. The highest BCUT2D eigenvalue weighted by Gasteiger charge is 2.35. The molecule has 0 radical (unpaired) electrons. The van der Waals surface area contributed by atoms with Crippen LogP contribution in [0, 0.1) is 0 Å². The van der Waals surface area contributed by atoms with Crippen LogP contribution in [-0.4, -0.2) is 36.8 Å². The second-order valence-electron chi connectivity index (χ2n) is 5.17. The zero-order valence-corrected chi connectivity index (χ0v) is 14.8. The van der Waals surface area contributed by atoms with Gasteiger partial charge in [-0.25, -0.2) is 8.42 Å². The van der Waals surface area contributed by atoms with Gasteiger partial charge in [-0.05, 0) is 45.9 Å². The molecule has 1 amide bonds.